The SMILES string of the molecule is COc1ccc(C2(C3=CCCC(c4cncnc4)=C3)N=C(N)N(C)C2=O)cc1C. The summed E-state index contributed by atoms with van der Waals surface area (Å²) in [5.41, 5.74) is 9.40. The van der Waals surface area contributed by atoms with E-state index in [1.807, 2.05) is 31.2 Å². The molecule has 2 aromatic rings. The number of amides is 1. The Morgan fingerprint density at radius 3 is 2.62 bits per heavy atom. The van der Waals surface area contributed by atoms with E-state index in [-0.39, 0.29) is 11.9 Å². The molecule has 0 radical (unpaired) electrons. The average molecular weight is 389 g/mol. The van der Waals surface area contributed by atoms with Crippen molar-refractivity contribution in [1.82, 2.24) is 14.9 Å². The van der Waals surface area contributed by atoms with Crippen molar-refractivity contribution in [1.29, 1.82) is 0 Å². The summed E-state index contributed by atoms with van der Waals surface area (Å²) in [7, 11) is 3.28. The molecule has 148 valence electrons. The number of hydrogen-bond donors (Lipinski definition) is 1. The monoisotopic (exact) mass is 389 g/mol. The molecule has 0 saturated heterocycles. The summed E-state index contributed by atoms with van der Waals surface area (Å²) in [6.07, 6.45) is 10.8. The molecule has 7 nitrogen and oxygen atoms in total. The predicted octanol–water partition coefficient (Wildman–Crippen LogP) is 2.58. The number of methoxy groups -OCH3 is 1. The first-order chi connectivity index (χ1) is 14.0. The van der Waals surface area contributed by atoms with E-state index in [4.69, 9.17) is 10.5 Å². The number of allylic oxidation sites excluding steroid dienone is 2. The fourth-order valence-corrected chi connectivity index (χ4v) is 3.93. The van der Waals surface area contributed by atoms with Crippen LogP contribution in [0.2, 0.25) is 0 Å². The fraction of sp³-hybridized carbons (Fsp3) is 0.273. The zero-order valence-corrected chi connectivity index (χ0v) is 16.7. The first-order valence-electron chi connectivity index (χ1n) is 9.42. The summed E-state index contributed by atoms with van der Waals surface area (Å²) in [6, 6.07) is 5.69. The molecule has 1 aromatic heterocycles. The molecule has 1 amide bonds. The molecule has 2 N–H and O–H groups in total. The van der Waals surface area contributed by atoms with Crippen LogP contribution in [0.4, 0.5) is 0 Å². The van der Waals surface area contributed by atoms with Gasteiger partial charge < -0.3 is 10.5 Å². The Hall–Kier alpha value is -3.48. The second-order valence-electron chi connectivity index (χ2n) is 7.22. The van der Waals surface area contributed by atoms with Gasteiger partial charge in [0.25, 0.3) is 5.91 Å². The van der Waals surface area contributed by atoms with Gasteiger partial charge in [-0.25, -0.2) is 15.0 Å². The number of hydrogen-bond acceptors (Lipinski definition) is 6. The second-order valence-corrected chi connectivity index (χ2v) is 7.22. The van der Waals surface area contributed by atoms with E-state index < -0.39 is 5.54 Å². The van der Waals surface area contributed by atoms with Crippen LogP contribution in [0.5, 0.6) is 5.75 Å². The highest BCUT2D eigenvalue weighted by Gasteiger charge is 2.50. The van der Waals surface area contributed by atoms with Gasteiger partial charge in [-0.05, 0) is 54.2 Å². The number of aliphatic imine (C=N–C) groups is 1. The molecular weight excluding hydrogens is 366 g/mol. The summed E-state index contributed by atoms with van der Waals surface area (Å²) in [6.45, 7) is 1.95. The van der Waals surface area contributed by atoms with Gasteiger partial charge in [-0.1, -0.05) is 18.2 Å². The standard InChI is InChI=1S/C22H23N5O2/c1-14-9-18(7-8-19(14)29-3)22(20(28)27(2)21(23)26-22)17-6-4-5-15(10-17)16-11-24-13-25-12-16/h6-13H,4-5H2,1-3H3,(H2,23,26). The van der Waals surface area contributed by atoms with E-state index >= 15 is 0 Å². The number of benzene rings is 1. The molecule has 7 heteroatoms. The maximum atomic E-state index is 13.5. The number of nitrogens with zero attached hydrogens (tertiary/aromatic N) is 4. The molecule has 1 unspecified atom stereocenters. The number of ether oxygens (including phenoxy) is 1. The van der Waals surface area contributed by atoms with E-state index in [9.17, 15) is 4.79 Å². The summed E-state index contributed by atoms with van der Waals surface area (Å²) in [5, 5.41) is 0. The van der Waals surface area contributed by atoms with Gasteiger partial charge >= 0.3 is 0 Å². The Morgan fingerprint density at radius 2 is 2.00 bits per heavy atom. The number of aryl methyl sites for hydroxylation is 1. The summed E-state index contributed by atoms with van der Waals surface area (Å²) >= 11 is 0. The van der Waals surface area contributed by atoms with E-state index in [0.717, 1.165) is 46.4 Å². The van der Waals surface area contributed by atoms with Gasteiger partial charge in [0.15, 0.2) is 11.5 Å². The maximum absolute atomic E-state index is 13.5. The molecule has 2 heterocycles. The van der Waals surface area contributed by atoms with Gasteiger partial charge in [0.05, 0.1) is 7.11 Å². The lowest BCUT2D eigenvalue weighted by atomic mass is 9.78. The van der Waals surface area contributed by atoms with Gasteiger partial charge in [-0.15, -0.1) is 0 Å². The normalized spacial score (nSPS) is 21.6. The summed E-state index contributed by atoms with van der Waals surface area (Å²) < 4.78 is 5.39. The molecule has 1 aromatic carbocycles. The third-order valence-electron chi connectivity index (χ3n) is 5.51. The fourth-order valence-electron chi connectivity index (χ4n) is 3.93. The van der Waals surface area contributed by atoms with Crippen molar-refractivity contribution in [2.24, 2.45) is 10.7 Å². The number of rotatable bonds is 4. The van der Waals surface area contributed by atoms with Crippen LogP contribution < -0.4 is 10.5 Å². The molecular formula is C22H23N5O2. The minimum atomic E-state index is -1.21. The van der Waals surface area contributed by atoms with Crippen molar-refractivity contribution in [2.45, 2.75) is 25.3 Å². The lowest BCUT2D eigenvalue weighted by Gasteiger charge is -2.30. The third kappa shape index (κ3) is 2.99. The molecule has 1 aliphatic heterocycles. The van der Waals surface area contributed by atoms with Crippen molar-refractivity contribution >= 4 is 17.4 Å². The Kier molecular flexibility index (Phi) is 4.66. The maximum Gasteiger partial charge on any atom is 0.266 e. The van der Waals surface area contributed by atoms with Crippen molar-refractivity contribution in [3.8, 4) is 5.75 Å². The predicted molar refractivity (Wildman–Crippen MR) is 111 cm³/mol. The second kappa shape index (κ2) is 7.16. The lowest BCUT2D eigenvalue weighted by molar-refractivity contribution is -0.129. The highest BCUT2D eigenvalue weighted by molar-refractivity contribution is 6.09. The van der Waals surface area contributed by atoms with Crippen molar-refractivity contribution < 1.29 is 9.53 Å². The molecule has 4 rings (SSSR count). The number of likely N-dealkylation sites (N-methyl/N-ethyl adjacent to an activating group) is 1. The molecule has 0 saturated carbocycles. The zero-order chi connectivity index (χ0) is 20.6. The molecule has 29 heavy (non-hydrogen) atoms. The highest BCUT2D eigenvalue weighted by Crippen LogP contribution is 2.44. The Labute approximate surface area is 169 Å². The first kappa shape index (κ1) is 18.9. The molecule has 0 fully saturated rings. The van der Waals surface area contributed by atoms with E-state index in [1.54, 1.807) is 26.6 Å². The van der Waals surface area contributed by atoms with Crippen LogP contribution in [-0.2, 0) is 10.3 Å². The van der Waals surface area contributed by atoms with E-state index in [1.165, 1.54) is 11.2 Å². The molecule has 1 aliphatic carbocycles. The van der Waals surface area contributed by atoms with Gasteiger partial charge in [-0.2, -0.15) is 0 Å². The van der Waals surface area contributed by atoms with Crippen LogP contribution in [0.15, 0.2) is 59.6 Å². The largest absolute Gasteiger partial charge is 0.496 e. The molecule has 0 bridgehead atoms. The van der Waals surface area contributed by atoms with E-state index in [2.05, 4.69) is 21.0 Å². The molecule has 2 aliphatic rings. The van der Waals surface area contributed by atoms with Gasteiger partial charge in [0.1, 0.15) is 12.1 Å². The van der Waals surface area contributed by atoms with Crippen LogP contribution >= 0.6 is 0 Å². The highest BCUT2D eigenvalue weighted by atomic mass is 16.5. The number of carbonyl (C=O) groups excluding carboxylic acids is 1. The van der Waals surface area contributed by atoms with Crippen LogP contribution in [-0.4, -0.2) is 40.9 Å². The van der Waals surface area contributed by atoms with Gasteiger partial charge in [0.2, 0.25) is 0 Å². The summed E-state index contributed by atoms with van der Waals surface area (Å²) in [5.74, 6) is 0.788. The molecule has 0 spiro atoms. The number of aromatic nitrogens is 2. The average Bonchev–Trinajstić information content (AvgIpc) is 2.99. The number of guanidine groups is 1. The van der Waals surface area contributed by atoms with Crippen molar-refractivity contribution in [2.75, 3.05) is 14.2 Å². The third-order valence-corrected chi connectivity index (χ3v) is 5.51. The van der Waals surface area contributed by atoms with Crippen LogP contribution in [0.1, 0.15) is 29.5 Å². The Morgan fingerprint density at radius 1 is 1.24 bits per heavy atom. The van der Waals surface area contributed by atoms with Gasteiger partial charge in [-0.3, -0.25) is 9.69 Å². The van der Waals surface area contributed by atoms with Gasteiger partial charge in [0, 0.05) is 25.0 Å². The van der Waals surface area contributed by atoms with E-state index in [0.29, 0.717) is 0 Å². The van der Waals surface area contributed by atoms with Crippen LogP contribution in [0.25, 0.3) is 5.57 Å². The zero-order valence-electron chi connectivity index (χ0n) is 16.7. The number of nitrogens with two attached hydrogens (primary N) is 1. The van der Waals surface area contributed by atoms with Crippen LogP contribution in [0, 0.1) is 6.92 Å². The smallest absolute Gasteiger partial charge is 0.266 e. The Balaban J connectivity index is 1.89. The number of carbonyl (C=O) groups is 1. The lowest BCUT2D eigenvalue weighted by Crippen LogP contribution is -2.41. The minimum Gasteiger partial charge on any atom is -0.496 e. The minimum absolute atomic E-state index is 0.173. The summed E-state index contributed by atoms with van der Waals surface area (Å²) in [4.78, 5) is 27.8. The quantitative estimate of drug-likeness (QED) is 0.867. The van der Waals surface area contributed by atoms with Crippen molar-refractivity contribution in [3.63, 3.8) is 0 Å². The Bertz CT molecular complexity index is 1060. The van der Waals surface area contributed by atoms with Crippen molar-refractivity contribution in [3.05, 3.63) is 71.3 Å². The molecule has 1 atom stereocenters. The topological polar surface area (TPSA) is 93.7 Å². The first-order valence-corrected chi connectivity index (χ1v) is 9.42. The van der Waals surface area contributed by atoms with Crippen LogP contribution in [0.3, 0.4) is 0 Å².